The first kappa shape index (κ1) is 23.6. The molecule has 0 aliphatic heterocycles. The predicted octanol–water partition coefficient (Wildman–Crippen LogP) is 1.89. The first-order valence-electron chi connectivity index (χ1n) is 3.04. The van der Waals surface area contributed by atoms with E-state index in [2.05, 4.69) is 0 Å². The predicted molar refractivity (Wildman–Crippen MR) is 61.1 cm³/mol. The van der Waals surface area contributed by atoms with Gasteiger partial charge in [-0.25, -0.2) is 0 Å². The van der Waals surface area contributed by atoms with Crippen LogP contribution in [0.3, 0.4) is 0 Å². The number of rotatable bonds is 1. The zero-order valence-corrected chi connectivity index (χ0v) is 9.63. The van der Waals surface area contributed by atoms with Gasteiger partial charge in [0.05, 0.1) is 4.90 Å². The number of hydrogen-bond donors (Lipinski definition) is 5. The fourth-order valence-corrected chi connectivity index (χ4v) is 1.19. The maximum Gasteiger partial charge on any atom is 0.294 e. The fraction of sp³-hybridized carbons (Fsp3) is 0.143. The van der Waals surface area contributed by atoms with E-state index >= 15 is 0 Å². The van der Waals surface area contributed by atoms with E-state index in [9.17, 15) is 8.42 Å². The molecule has 1 aromatic rings. The third-order valence-corrected chi connectivity index (χ3v) is 2.19. The highest BCUT2D eigenvalue weighted by molar-refractivity contribution is 7.85. The summed E-state index contributed by atoms with van der Waals surface area (Å²) in [5.41, 5.74) is 0.956. The molecule has 1 rings (SSSR count). The Balaban J connectivity index is -0.000000151. The second-order valence-corrected chi connectivity index (χ2v) is 3.71. The molecule has 7 nitrogen and oxygen atoms in total. The van der Waals surface area contributed by atoms with Crippen LogP contribution in [0.25, 0.3) is 0 Å². The van der Waals surface area contributed by atoms with Crippen molar-refractivity contribution in [1.82, 2.24) is 24.6 Å². The van der Waals surface area contributed by atoms with E-state index in [-0.39, 0.29) is 29.5 Å². The molecule has 0 unspecified atom stereocenters. The summed E-state index contributed by atoms with van der Waals surface area (Å²) < 4.78 is 29.6. The minimum atomic E-state index is -4.02. The van der Waals surface area contributed by atoms with E-state index in [0.29, 0.717) is 0 Å². The second kappa shape index (κ2) is 8.29. The number of benzene rings is 1. The molecule has 0 heterocycles. The highest BCUT2D eigenvalue weighted by Crippen LogP contribution is 2.08. The average molecular weight is 240 g/mol. The van der Waals surface area contributed by atoms with Crippen molar-refractivity contribution in [3.05, 3.63) is 29.8 Å². The Labute approximate surface area is 90.0 Å². The lowest BCUT2D eigenvalue weighted by Gasteiger charge is -1.95. The van der Waals surface area contributed by atoms with Crippen molar-refractivity contribution in [2.75, 3.05) is 0 Å². The first-order chi connectivity index (χ1) is 5.00. The zero-order valence-electron chi connectivity index (χ0n) is 8.81. The summed E-state index contributed by atoms with van der Waals surface area (Å²) in [6.07, 6.45) is 0. The molecule has 1 aromatic carbocycles. The van der Waals surface area contributed by atoms with Crippen molar-refractivity contribution >= 4 is 10.1 Å². The van der Waals surface area contributed by atoms with E-state index in [1.807, 2.05) is 6.92 Å². The molecule has 0 fully saturated rings. The second-order valence-electron chi connectivity index (χ2n) is 2.29. The average Bonchev–Trinajstić information content (AvgIpc) is 1.86. The van der Waals surface area contributed by atoms with Gasteiger partial charge in [-0.15, -0.1) is 0 Å². The van der Waals surface area contributed by atoms with Gasteiger partial charge < -0.3 is 24.6 Å². The van der Waals surface area contributed by atoms with Crippen LogP contribution in [0.1, 0.15) is 5.56 Å². The van der Waals surface area contributed by atoms with E-state index in [0.717, 1.165) is 5.56 Å². The quantitative estimate of drug-likeness (QED) is 0.462. The Morgan fingerprint density at radius 3 is 1.53 bits per heavy atom. The van der Waals surface area contributed by atoms with Gasteiger partial charge in [0.25, 0.3) is 10.1 Å². The number of aryl methyl sites for hydroxylation is 1. The molecule has 0 atom stereocenters. The molecule has 0 radical (unpaired) electrons. The van der Waals surface area contributed by atoms with E-state index in [1.54, 1.807) is 12.1 Å². The Bertz CT molecular complexity index is 349. The lowest BCUT2D eigenvalue weighted by molar-refractivity contribution is 0.483. The molecule has 0 bridgehead atoms. The lowest BCUT2D eigenvalue weighted by Crippen LogP contribution is -1.96. The summed E-state index contributed by atoms with van der Waals surface area (Å²) in [5, 5.41) is 0. The minimum Gasteiger partial charge on any atom is -0.344 e. The summed E-state index contributed by atoms with van der Waals surface area (Å²) in [7, 11) is -4.02. The van der Waals surface area contributed by atoms with Gasteiger partial charge in [0, 0.05) is 0 Å². The van der Waals surface area contributed by atoms with E-state index < -0.39 is 10.1 Å². The van der Waals surface area contributed by atoms with Crippen LogP contribution in [0.2, 0.25) is 0 Å². The molecule has 0 amide bonds. The van der Waals surface area contributed by atoms with Gasteiger partial charge in [-0.1, -0.05) is 17.7 Å². The Morgan fingerprint density at radius 2 is 1.27 bits per heavy atom. The van der Waals surface area contributed by atoms with Crippen molar-refractivity contribution < 1.29 is 13.0 Å². The standard InChI is InChI=1S/C7H8O3S.4H3N/c1-6-2-4-7(5-3-6)11(8,9)10;;;;/h2-5H,1H3,(H,8,9,10);4*1H3. The van der Waals surface area contributed by atoms with E-state index in [1.165, 1.54) is 12.1 Å². The topological polar surface area (TPSA) is 194 Å². The molecular formula is C7H20N4O3S. The van der Waals surface area contributed by atoms with Gasteiger partial charge in [-0.05, 0) is 19.1 Å². The van der Waals surface area contributed by atoms with Crippen molar-refractivity contribution in [3.63, 3.8) is 0 Å². The summed E-state index contributed by atoms with van der Waals surface area (Å²) in [6.45, 7) is 1.84. The third kappa shape index (κ3) is 6.96. The Morgan fingerprint density at radius 1 is 0.933 bits per heavy atom. The van der Waals surface area contributed by atoms with Gasteiger partial charge >= 0.3 is 0 Å². The van der Waals surface area contributed by atoms with Crippen molar-refractivity contribution in [2.24, 2.45) is 0 Å². The molecule has 13 N–H and O–H groups in total. The van der Waals surface area contributed by atoms with Crippen LogP contribution in [0, 0.1) is 6.92 Å². The summed E-state index contributed by atoms with van der Waals surface area (Å²) in [5.74, 6) is 0. The molecule has 0 spiro atoms. The largest absolute Gasteiger partial charge is 0.344 e. The molecule has 0 aromatic heterocycles. The Kier molecular flexibility index (Phi) is 13.1. The van der Waals surface area contributed by atoms with Crippen LogP contribution in [-0.4, -0.2) is 13.0 Å². The minimum absolute atomic E-state index is 0. The normalized spacial score (nSPS) is 8.40. The molecule has 0 aliphatic rings. The lowest BCUT2D eigenvalue weighted by atomic mass is 10.2. The van der Waals surface area contributed by atoms with Crippen LogP contribution in [0.4, 0.5) is 0 Å². The third-order valence-electron chi connectivity index (χ3n) is 1.32. The fourth-order valence-electron chi connectivity index (χ4n) is 0.710. The van der Waals surface area contributed by atoms with Crippen molar-refractivity contribution in [3.8, 4) is 0 Å². The monoisotopic (exact) mass is 240 g/mol. The van der Waals surface area contributed by atoms with Crippen molar-refractivity contribution in [1.29, 1.82) is 0 Å². The van der Waals surface area contributed by atoms with Gasteiger partial charge in [0.15, 0.2) is 0 Å². The summed E-state index contributed by atoms with van der Waals surface area (Å²) in [4.78, 5) is -0.0666. The van der Waals surface area contributed by atoms with Crippen LogP contribution in [-0.2, 0) is 10.1 Å². The molecule has 0 saturated carbocycles. The summed E-state index contributed by atoms with van der Waals surface area (Å²) in [6, 6.07) is 5.99. The van der Waals surface area contributed by atoms with Gasteiger partial charge in [0.1, 0.15) is 0 Å². The van der Waals surface area contributed by atoms with Gasteiger partial charge in [0.2, 0.25) is 0 Å². The molecular weight excluding hydrogens is 220 g/mol. The van der Waals surface area contributed by atoms with Crippen LogP contribution in [0.15, 0.2) is 29.2 Å². The number of hydrogen-bond acceptors (Lipinski definition) is 6. The first-order valence-corrected chi connectivity index (χ1v) is 4.48. The smallest absolute Gasteiger partial charge is 0.294 e. The molecule has 92 valence electrons. The van der Waals surface area contributed by atoms with Crippen LogP contribution >= 0.6 is 0 Å². The van der Waals surface area contributed by atoms with Crippen LogP contribution in [0.5, 0.6) is 0 Å². The van der Waals surface area contributed by atoms with Crippen LogP contribution < -0.4 is 24.6 Å². The molecule has 0 saturated heterocycles. The van der Waals surface area contributed by atoms with E-state index in [4.69, 9.17) is 4.55 Å². The maximum absolute atomic E-state index is 10.5. The molecule has 8 heteroatoms. The SMILES string of the molecule is Cc1ccc(S(=O)(=O)O)cc1.N.N.N.N. The maximum atomic E-state index is 10.5. The highest BCUT2D eigenvalue weighted by atomic mass is 32.2. The Hall–Kier alpha value is -1.03. The highest BCUT2D eigenvalue weighted by Gasteiger charge is 2.06. The summed E-state index contributed by atoms with van der Waals surface area (Å²) >= 11 is 0. The van der Waals surface area contributed by atoms with Crippen molar-refractivity contribution in [2.45, 2.75) is 11.8 Å². The zero-order chi connectivity index (χ0) is 8.48. The van der Waals surface area contributed by atoms with Gasteiger partial charge in [-0.2, -0.15) is 8.42 Å². The van der Waals surface area contributed by atoms with Gasteiger partial charge in [-0.3, -0.25) is 4.55 Å². The molecule has 15 heavy (non-hydrogen) atoms. The molecule has 0 aliphatic carbocycles.